The van der Waals surface area contributed by atoms with Crippen molar-refractivity contribution in [2.75, 3.05) is 32.8 Å². The summed E-state index contributed by atoms with van der Waals surface area (Å²) in [4.78, 5) is 29.0. The molecule has 21 heavy (non-hydrogen) atoms. The number of fused-ring (bicyclic) bond motifs is 1. The van der Waals surface area contributed by atoms with Crippen LogP contribution in [0.3, 0.4) is 0 Å². The van der Waals surface area contributed by atoms with Crippen LogP contribution < -0.4 is 0 Å². The van der Waals surface area contributed by atoms with Crippen LogP contribution in [-0.4, -0.2) is 54.5 Å². The first kappa shape index (κ1) is 16.0. The summed E-state index contributed by atoms with van der Waals surface area (Å²) in [5, 5.41) is 2.08. The first-order chi connectivity index (χ1) is 10.1. The molecule has 116 valence electrons. The summed E-state index contributed by atoms with van der Waals surface area (Å²) in [6.07, 6.45) is 0.933. The second kappa shape index (κ2) is 7.56. The van der Waals surface area contributed by atoms with Crippen LogP contribution in [-0.2, 0) is 27.3 Å². The Morgan fingerprint density at radius 2 is 2.19 bits per heavy atom. The summed E-state index contributed by atoms with van der Waals surface area (Å²) < 4.78 is 4.93. The number of hydrogen-bond acceptors (Lipinski definition) is 5. The zero-order chi connectivity index (χ0) is 15.2. The highest BCUT2D eigenvalue weighted by Crippen LogP contribution is 2.23. The molecule has 0 saturated heterocycles. The fourth-order valence-corrected chi connectivity index (χ4v) is 3.31. The molecule has 1 aliphatic rings. The minimum absolute atomic E-state index is 0.0815. The van der Waals surface area contributed by atoms with E-state index in [9.17, 15) is 9.59 Å². The fourth-order valence-electron chi connectivity index (χ4n) is 2.42. The van der Waals surface area contributed by atoms with Gasteiger partial charge in [-0.2, -0.15) is 0 Å². The average molecular weight is 310 g/mol. The van der Waals surface area contributed by atoms with Gasteiger partial charge < -0.3 is 9.64 Å². The molecule has 0 saturated carbocycles. The van der Waals surface area contributed by atoms with Crippen LogP contribution in [0.15, 0.2) is 11.4 Å². The molecule has 1 aromatic rings. The number of hydrogen-bond donors (Lipinski definition) is 0. The van der Waals surface area contributed by atoms with Crippen LogP contribution >= 0.6 is 11.3 Å². The number of nitrogens with zero attached hydrogens (tertiary/aromatic N) is 2. The highest BCUT2D eigenvalue weighted by atomic mass is 32.1. The molecule has 5 nitrogen and oxygen atoms in total. The number of thiophene rings is 1. The van der Waals surface area contributed by atoms with Gasteiger partial charge in [0.25, 0.3) is 0 Å². The number of likely N-dealkylation sites (N-methyl/N-ethyl adjacent to an activating group) is 1. The number of amides is 1. The third kappa shape index (κ3) is 4.28. The lowest BCUT2D eigenvalue weighted by Gasteiger charge is -2.29. The van der Waals surface area contributed by atoms with E-state index < -0.39 is 0 Å². The van der Waals surface area contributed by atoms with E-state index in [0.717, 1.165) is 13.0 Å². The van der Waals surface area contributed by atoms with E-state index in [-0.39, 0.29) is 25.0 Å². The Balaban J connectivity index is 1.87. The number of ether oxygens (including phenoxy) is 1. The zero-order valence-corrected chi connectivity index (χ0v) is 13.4. The summed E-state index contributed by atoms with van der Waals surface area (Å²) in [5.74, 6) is -0.191. The molecule has 1 aliphatic heterocycles. The van der Waals surface area contributed by atoms with Gasteiger partial charge in [-0.15, -0.1) is 11.3 Å². The lowest BCUT2D eigenvalue weighted by Crippen LogP contribution is -2.44. The number of esters is 1. The molecule has 0 aliphatic carbocycles. The maximum absolute atomic E-state index is 12.4. The van der Waals surface area contributed by atoms with Gasteiger partial charge in [-0.1, -0.05) is 6.92 Å². The highest BCUT2D eigenvalue weighted by Gasteiger charge is 2.23. The molecule has 0 unspecified atom stereocenters. The molecule has 0 fully saturated rings. The topological polar surface area (TPSA) is 49.9 Å². The van der Waals surface area contributed by atoms with Crippen molar-refractivity contribution >= 4 is 23.2 Å². The van der Waals surface area contributed by atoms with Gasteiger partial charge in [0.2, 0.25) is 5.91 Å². The minimum atomic E-state index is -0.272. The van der Waals surface area contributed by atoms with E-state index >= 15 is 0 Å². The predicted molar refractivity (Wildman–Crippen MR) is 82.2 cm³/mol. The van der Waals surface area contributed by atoms with Crippen molar-refractivity contribution < 1.29 is 14.3 Å². The van der Waals surface area contributed by atoms with Gasteiger partial charge in [-0.05, 0) is 36.9 Å². The van der Waals surface area contributed by atoms with E-state index in [1.807, 2.05) is 16.7 Å². The molecule has 0 N–H and O–H groups in total. The van der Waals surface area contributed by atoms with E-state index in [0.29, 0.717) is 19.7 Å². The lowest BCUT2D eigenvalue weighted by molar-refractivity contribution is -0.145. The number of rotatable bonds is 6. The van der Waals surface area contributed by atoms with Gasteiger partial charge >= 0.3 is 5.97 Å². The van der Waals surface area contributed by atoms with E-state index in [4.69, 9.17) is 4.74 Å². The minimum Gasteiger partial charge on any atom is -0.465 e. The Kier molecular flexibility index (Phi) is 5.76. The predicted octanol–water partition coefficient (Wildman–Crippen LogP) is 1.52. The molecule has 1 amide bonds. The second-order valence-electron chi connectivity index (χ2n) is 5.04. The van der Waals surface area contributed by atoms with Gasteiger partial charge in [0, 0.05) is 18.0 Å². The van der Waals surface area contributed by atoms with Crippen LogP contribution in [0.2, 0.25) is 0 Å². The standard InChI is InChI=1S/C15H22N2O3S/c1-3-16(11-15(19)20-4-2)10-14(18)17-7-5-13-12(9-17)6-8-21-13/h6,8H,3-5,7,9-11H2,1-2H3. The Labute approximate surface area is 129 Å². The van der Waals surface area contributed by atoms with Gasteiger partial charge in [0.15, 0.2) is 0 Å². The monoisotopic (exact) mass is 310 g/mol. The van der Waals surface area contributed by atoms with Gasteiger partial charge in [0.05, 0.1) is 19.7 Å². The SMILES string of the molecule is CCOC(=O)CN(CC)CC(=O)N1CCc2sccc2C1. The summed E-state index contributed by atoms with van der Waals surface area (Å²) in [6, 6.07) is 2.09. The van der Waals surface area contributed by atoms with Gasteiger partial charge in [-0.3, -0.25) is 14.5 Å². The smallest absolute Gasteiger partial charge is 0.320 e. The molecule has 0 atom stereocenters. The van der Waals surface area contributed by atoms with Crippen molar-refractivity contribution in [2.45, 2.75) is 26.8 Å². The summed E-state index contributed by atoms with van der Waals surface area (Å²) in [6.45, 7) is 6.66. The van der Waals surface area contributed by atoms with Crippen molar-refractivity contribution in [2.24, 2.45) is 0 Å². The fraction of sp³-hybridized carbons (Fsp3) is 0.600. The first-order valence-corrected chi connectivity index (χ1v) is 8.23. The van der Waals surface area contributed by atoms with Crippen molar-refractivity contribution in [3.63, 3.8) is 0 Å². The molecule has 0 bridgehead atoms. The Hall–Kier alpha value is -1.40. The van der Waals surface area contributed by atoms with Gasteiger partial charge in [-0.25, -0.2) is 0 Å². The van der Waals surface area contributed by atoms with E-state index in [1.165, 1.54) is 10.4 Å². The summed E-state index contributed by atoms with van der Waals surface area (Å²) in [7, 11) is 0. The molecule has 1 aromatic heterocycles. The third-order valence-electron chi connectivity index (χ3n) is 3.62. The maximum atomic E-state index is 12.4. The largest absolute Gasteiger partial charge is 0.465 e. The quantitative estimate of drug-likeness (QED) is 0.748. The van der Waals surface area contributed by atoms with Gasteiger partial charge in [0.1, 0.15) is 0 Å². The van der Waals surface area contributed by atoms with E-state index in [2.05, 4.69) is 11.4 Å². The van der Waals surface area contributed by atoms with Crippen LogP contribution in [0.5, 0.6) is 0 Å². The summed E-state index contributed by atoms with van der Waals surface area (Å²) in [5.41, 5.74) is 1.26. The third-order valence-corrected chi connectivity index (χ3v) is 4.65. The normalized spacial score (nSPS) is 14.1. The van der Waals surface area contributed by atoms with Crippen molar-refractivity contribution in [1.82, 2.24) is 9.80 Å². The first-order valence-electron chi connectivity index (χ1n) is 7.35. The highest BCUT2D eigenvalue weighted by molar-refractivity contribution is 7.10. The Morgan fingerprint density at radius 3 is 2.90 bits per heavy atom. The lowest BCUT2D eigenvalue weighted by atomic mass is 10.1. The molecule has 0 spiro atoms. The molecule has 0 aromatic carbocycles. The van der Waals surface area contributed by atoms with Crippen molar-refractivity contribution in [3.05, 3.63) is 21.9 Å². The van der Waals surface area contributed by atoms with Crippen LogP contribution in [0.4, 0.5) is 0 Å². The van der Waals surface area contributed by atoms with Crippen LogP contribution in [0.1, 0.15) is 24.3 Å². The molecule has 2 heterocycles. The zero-order valence-electron chi connectivity index (χ0n) is 12.6. The molecular formula is C15H22N2O3S. The number of carbonyl (C=O) groups excluding carboxylic acids is 2. The average Bonchev–Trinajstić information content (AvgIpc) is 2.93. The Morgan fingerprint density at radius 1 is 1.38 bits per heavy atom. The van der Waals surface area contributed by atoms with E-state index in [1.54, 1.807) is 18.3 Å². The molecule has 0 radical (unpaired) electrons. The van der Waals surface area contributed by atoms with Crippen LogP contribution in [0.25, 0.3) is 0 Å². The molecular weight excluding hydrogens is 288 g/mol. The second-order valence-corrected chi connectivity index (χ2v) is 6.04. The summed E-state index contributed by atoms with van der Waals surface area (Å²) >= 11 is 1.76. The molecule has 2 rings (SSSR count). The van der Waals surface area contributed by atoms with Crippen LogP contribution in [0, 0.1) is 0 Å². The van der Waals surface area contributed by atoms with Crippen molar-refractivity contribution in [3.8, 4) is 0 Å². The number of carbonyl (C=O) groups is 2. The molecule has 6 heteroatoms. The Bertz CT molecular complexity index is 501. The maximum Gasteiger partial charge on any atom is 0.320 e. The van der Waals surface area contributed by atoms with Crippen molar-refractivity contribution in [1.29, 1.82) is 0 Å².